The van der Waals surface area contributed by atoms with Crippen LogP contribution in [-0.2, 0) is 14.3 Å². The number of esters is 1. The number of hydrogen-bond acceptors (Lipinski definition) is 4. The lowest BCUT2D eigenvalue weighted by atomic mass is 9.82. The van der Waals surface area contributed by atoms with Gasteiger partial charge in [0.1, 0.15) is 0 Å². The van der Waals surface area contributed by atoms with Crippen LogP contribution in [0.2, 0.25) is 0 Å². The summed E-state index contributed by atoms with van der Waals surface area (Å²) in [5.74, 6) is -0.973. The molecule has 0 saturated heterocycles. The molecular weight excluding hydrogens is 188 g/mol. The lowest BCUT2D eigenvalue weighted by Gasteiger charge is -2.23. The molecule has 0 spiro atoms. The fourth-order valence-corrected chi connectivity index (χ4v) is 1.88. The number of Topliss-reactive ketones (excluding diaryl/α,β-unsaturated/α-hetero) is 1. The molecule has 1 aliphatic carbocycles. The summed E-state index contributed by atoms with van der Waals surface area (Å²) in [6.45, 7) is 1.84. The maximum atomic E-state index is 11.4. The van der Waals surface area contributed by atoms with Crippen LogP contribution in [0.1, 0.15) is 19.8 Å². The Bertz CT molecular complexity index is 260. The zero-order chi connectivity index (χ0) is 10.0. The number of carbonyl (C=O) groups excluding carboxylic acids is 2. The second kappa shape index (κ2) is 3.96. The van der Waals surface area contributed by atoms with E-state index in [1.54, 1.807) is 0 Å². The predicted octanol–water partition coefficient (Wildman–Crippen LogP) is 1.14. The Hall–Kier alpha value is -0.770. The van der Waals surface area contributed by atoms with Gasteiger partial charge in [0.05, 0.1) is 17.9 Å². The highest BCUT2D eigenvalue weighted by molar-refractivity contribution is 7.82. The Balaban J connectivity index is 2.75. The van der Waals surface area contributed by atoms with Crippen LogP contribution in [-0.4, -0.2) is 23.7 Å². The van der Waals surface area contributed by atoms with Gasteiger partial charge in [0.15, 0.2) is 5.78 Å². The molecule has 0 aromatic rings. The average Bonchev–Trinajstić information content (AvgIpc) is 2.13. The van der Waals surface area contributed by atoms with Crippen molar-refractivity contribution in [2.45, 2.75) is 19.8 Å². The number of methoxy groups -OCH3 is 1. The van der Waals surface area contributed by atoms with Crippen LogP contribution in [0.5, 0.6) is 0 Å². The molecule has 2 unspecified atom stereocenters. The Labute approximate surface area is 82.4 Å². The normalized spacial score (nSPS) is 28.8. The monoisotopic (exact) mass is 200 g/mol. The molecule has 0 aromatic heterocycles. The molecular formula is C9H12O3S. The number of ketones is 1. The molecule has 3 nitrogen and oxygen atoms in total. The predicted molar refractivity (Wildman–Crippen MR) is 51.5 cm³/mol. The van der Waals surface area contributed by atoms with E-state index < -0.39 is 5.92 Å². The third kappa shape index (κ3) is 1.94. The Morgan fingerprint density at radius 1 is 1.54 bits per heavy atom. The van der Waals surface area contributed by atoms with Gasteiger partial charge in [0.25, 0.3) is 0 Å². The van der Waals surface area contributed by atoms with Crippen molar-refractivity contribution in [3.63, 3.8) is 0 Å². The van der Waals surface area contributed by atoms with Gasteiger partial charge in [0.2, 0.25) is 0 Å². The Morgan fingerprint density at radius 2 is 2.15 bits per heavy atom. The summed E-state index contributed by atoms with van der Waals surface area (Å²) in [5, 5.41) is 0. The standard InChI is InChI=1S/C9H12O3S/c1-5-3-4-6(9(11)12-2)8(13)7(5)10/h5-6H,3-4H2,1-2H3. The molecule has 1 rings (SSSR count). The van der Waals surface area contributed by atoms with Crippen molar-refractivity contribution < 1.29 is 14.3 Å². The van der Waals surface area contributed by atoms with Crippen molar-refractivity contribution in [2.75, 3.05) is 7.11 Å². The van der Waals surface area contributed by atoms with E-state index >= 15 is 0 Å². The summed E-state index contributed by atoms with van der Waals surface area (Å²) < 4.78 is 4.57. The molecule has 1 aliphatic rings. The summed E-state index contributed by atoms with van der Waals surface area (Å²) >= 11 is 4.92. The highest BCUT2D eigenvalue weighted by Gasteiger charge is 2.35. The van der Waals surface area contributed by atoms with Gasteiger partial charge in [0, 0.05) is 5.92 Å². The number of rotatable bonds is 1. The molecule has 0 amide bonds. The summed E-state index contributed by atoms with van der Waals surface area (Å²) in [6, 6.07) is 0. The zero-order valence-corrected chi connectivity index (χ0v) is 8.52. The fourth-order valence-electron chi connectivity index (χ4n) is 1.46. The van der Waals surface area contributed by atoms with Crippen molar-refractivity contribution >= 4 is 28.8 Å². The van der Waals surface area contributed by atoms with Crippen molar-refractivity contribution in [1.82, 2.24) is 0 Å². The van der Waals surface area contributed by atoms with Crippen LogP contribution in [0.15, 0.2) is 0 Å². The number of thiocarbonyl (C=S) groups is 1. The second-order valence-corrected chi connectivity index (χ2v) is 3.72. The molecule has 0 aromatic carbocycles. The van der Waals surface area contributed by atoms with E-state index in [1.165, 1.54) is 7.11 Å². The molecule has 13 heavy (non-hydrogen) atoms. The van der Waals surface area contributed by atoms with Crippen molar-refractivity contribution in [2.24, 2.45) is 11.8 Å². The van der Waals surface area contributed by atoms with E-state index in [9.17, 15) is 9.59 Å². The van der Waals surface area contributed by atoms with Gasteiger partial charge in [-0.05, 0) is 12.8 Å². The van der Waals surface area contributed by atoms with Gasteiger partial charge < -0.3 is 4.74 Å². The highest BCUT2D eigenvalue weighted by Crippen LogP contribution is 2.24. The first kappa shape index (κ1) is 10.3. The minimum atomic E-state index is -0.483. The minimum Gasteiger partial charge on any atom is -0.469 e. The maximum absolute atomic E-state index is 11.4. The van der Waals surface area contributed by atoms with Gasteiger partial charge in [-0.15, -0.1) is 0 Å². The second-order valence-electron chi connectivity index (χ2n) is 3.28. The van der Waals surface area contributed by atoms with Gasteiger partial charge in [-0.3, -0.25) is 9.59 Å². The number of hydrogen-bond donors (Lipinski definition) is 0. The SMILES string of the molecule is COC(=O)C1CCC(C)C(=O)C1=S. The molecule has 0 aliphatic heterocycles. The third-order valence-electron chi connectivity index (χ3n) is 2.38. The van der Waals surface area contributed by atoms with Crippen molar-refractivity contribution in [3.8, 4) is 0 Å². The highest BCUT2D eigenvalue weighted by atomic mass is 32.1. The van der Waals surface area contributed by atoms with E-state index in [0.717, 1.165) is 6.42 Å². The maximum Gasteiger partial charge on any atom is 0.314 e. The first-order valence-corrected chi connectivity index (χ1v) is 4.64. The van der Waals surface area contributed by atoms with Gasteiger partial charge in [-0.25, -0.2) is 0 Å². The van der Waals surface area contributed by atoms with Crippen LogP contribution < -0.4 is 0 Å². The summed E-state index contributed by atoms with van der Waals surface area (Å²) in [6.07, 6.45) is 1.36. The summed E-state index contributed by atoms with van der Waals surface area (Å²) in [4.78, 5) is 22.8. The minimum absolute atomic E-state index is 0.0339. The van der Waals surface area contributed by atoms with E-state index in [1.807, 2.05) is 6.92 Å². The Morgan fingerprint density at radius 3 is 2.69 bits per heavy atom. The molecule has 1 fully saturated rings. The molecule has 2 atom stereocenters. The lowest BCUT2D eigenvalue weighted by Crippen LogP contribution is -2.37. The van der Waals surface area contributed by atoms with E-state index in [-0.39, 0.29) is 22.5 Å². The first-order chi connectivity index (χ1) is 6.07. The topological polar surface area (TPSA) is 43.4 Å². The fraction of sp³-hybridized carbons (Fsp3) is 0.667. The van der Waals surface area contributed by atoms with Crippen LogP contribution >= 0.6 is 12.2 Å². The summed E-state index contributed by atoms with van der Waals surface area (Å²) in [5.41, 5.74) is 0. The molecule has 0 radical (unpaired) electrons. The number of carbonyl (C=O) groups is 2. The molecule has 1 saturated carbocycles. The smallest absolute Gasteiger partial charge is 0.314 e. The molecule has 72 valence electrons. The average molecular weight is 200 g/mol. The lowest BCUT2D eigenvalue weighted by molar-refractivity contribution is -0.144. The quantitative estimate of drug-likeness (QED) is 0.470. The zero-order valence-electron chi connectivity index (χ0n) is 7.70. The van der Waals surface area contributed by atoms with Crippen molar-refractivity contribution in [3.05, 3.63) is 0 Å². The van der Waals surface area contributed by atoms with Crippen molar-refractivity contribution in [1.29, 1.82) is 0 Å². The van der Waals surface area contributed by atoms with Crippen LogP contribution in [0, 0.1) is 11.8 Å². The number of ether oxygens (including phenoxy) is 1. The van der Waals surface area contributed by atoms with E-state index in [0.29, 0.717) is 6.42 Å². The third-order valence-corrected chi connectivity index (χ3v) is 2.87. The van der Waals surface area contributed by atoms with E-state index in [2.05, 4.69) is 4.74 Å². The van der Waals surface area contributed by atoms with Gasteiger partial charge in [-0.1, -0.05) is 19.1 Å². The van der Waals surface area contributed by atoms with Gasteiger partial charge >= 0.3 is 5.97 Å². The largest absolute Gasteiger partial charge is 0.469 e. The van der Waals surface area contributed by atoms with Crippen LogP contribution in [0.3, 0.4) is 0 Å². The Kier molecular flexibility index (Phi) is 3.14. The molecule has 0 bridgehead atoms. The van der Waals surface area contributed by atoms with Crippen LogP contribution in [0.25, 0.3) is 0 Å². The first-order valence-electron chi connectivity index (χ1n) is 4.23. The van der Waals surface area contributed by atoms with Crippen LogP contribution in [0.4, 0.5) is 0 Å². The molecule has 0 N–H and O–H groups in total. The summed E-state index contributed by atoms with van der Waals surface area (Å²) in [7, 11) is 1.31. The molecule has 4 heteroatoms. The van der Waals surface area contributed by atoms with E-state index in [4.69, 9.17) is 12.2 Å². The van der Waals surface area contributed by atoms with Gasteiger partial charge in [-0.2, -0.15) is 0 Å². The molecule has 0 heterocycles.